The summed E-state index contributed by atoms with van der Waals surface area (Å²) in [6, 6.07) is 9.91. The van der Waals surface area contributed by atoms with Crippen LogP contribution in [0.15, 0.2) is 35.7 Å². The molecule has 2 aromatic rings. The Morgan fingerprint density at radius 3 is 2.78 bits per heavy atom. The van der Waals surface area contributed by atoms with Crippen LogP contribution in [0.4, 0.5) is 0 Å². The van der Waals surface area contributed by atoms with Crippen LogP contribution in [-0.2, 0) is 11.2 Å². The van der Waals surface area contributed by atoms with E-state index >= 15 is 0 Å². The Kier molecular flexibility index (Phi) is 4.81. The van der Waals surface area contributed by atoms with E-state index in [-0.39, 0.29) is 17.6 Å². The van der Waals surface area contributed by atoms with E-state index in [1.165, 1.54) is 4.88 Å². The van der Waals surface area contributed by atoms with Gasteiger partial charge in [0.1, 0.15) is 11.4 Å². The Bertz CT molecular complexity index is 850. The van der Waals surface area contributed by atoms with E-state index < -0.39 is 5.60 Å². The Hall–Kier alpha value is -2.14. The van der Waals surface area contributed by atoms with Gasteiger partial charge in [-0.05, 0) is 36.9 Å². The predicted octanol–water partition coefficient (Wildman–Crippen LogP) is 4.26. The molecule has 1 amide bonds. The number of benzene rings is 1. The Morgan fingerprint density at radius 1 is 1.30 bits per heavy atom. The molecule has 1 atom stereocenters. The van der Waals surface area contributed by atoms with Crippen molar-refractivity contribution in [1.29, 1.82) is 0 Å². The van der Waals surface area contributed by atoms with Gasteiger partial charge in [-0.3, -0.25) is 9.59 Å². The quantitative estimate of drug-likeness (QED) is 0.795. The van der Waals surface area contributed by atoms with Gasteiger partial charge in [0.05, 0.1) is 12.0 Å². The van der Waals surface area contributed by atoms with Gasteiger partial charge in [0, 0.05) is 36.7 Å². The molecule has 1 aromatic heterocycles. The molecule has 4 nitrogen and oxygen atoms in total. The molecule has 142 valence electrons. The molecule has 2 aliphatic heterocycles. The summed E-state index contributed by atoms with van der Waals surface area (Å²) in [7, 11) is 0. The van der Waals surface area contributed by atoms with Crippen molar-refractivity contribution in [2.24, 2.45) is 5.92 Å². The summed E-state index contributed by atoms with van der Waals surface area (Å²) in [5.74, 6) is 1.04. The van der Waals surface area contributed by atoms with Crippen molar-refractivity contribution >= 4 is 23.0 Å². The highest BCUT2D eigenvalue weighted by Crippen LogP contribution is 2.39. The number of likely N-dealkylation sites (tertiary alicyclic amines) is 1. The lowest BCUT2D eigenvalue weighted by Gasteiger charge is -2.44. The van der Waals surface area contributed by atoms with E-state index in [1.807, 2.05) is 48.4 Å². The van der Waals surface area contributed by atoms with Crippen LogP contribution in [0.25, 0.3) is 0 Å². The molecule has 0 saturated carbocycles. The van der Waals surface area contributed by atoms with Crippen LogP contribution in [0.2, 0.25) is 0 Å². The number of carbonyl (C=O) groups is 2. The number of thiophene rings is 1. The zero-order valence-corrected chi connectivity index (χ0v) is 16.7. The van der Waals surface area contributed by atoms with Crippen LogP contribution in [-0.4, -0.2) is 35.3 Å². The standard InChI is InChI=1S/C22H25NO3S/c1-15-5-6-20-18(12-15)19(24)14-22(26-20)7-9-23(10-8-22)21(25)16(2)13-17-4-3-11-27-17/h3-6,11-12,16H,7-10,13-14H2,1-2H3/t16-/m1/s1. The molecule has 1 aromatic carbocycles. The smallest absolute Gasteiger partial charge is 0.225 e. The van der Waals surface area contributed by atoms with Crippen LogP contribution in [0.5, 0.6) is 5.75 Å². The number of piperidine rings is 1. The van der Waals surface area contributed by atoms with Crippen molar-refractivity contribution in [3.63, 3.8) is 0 Å². The first-order valence-corrected chi connectivity index (χ1v) is 10.5. The summed E-state index contributed by atoms with van der Waals surface area (Å²) in [5, 5.41) is 2.05. The molecule has 1 saturated heterocycles. The number of Topliss-reactive ketones (excluding diaryl/α,β-unsaturated/α-hetero) is 1. The number of rotatable bonds is 3. The van der Waals surface area contributed by atoms with Crippen LogP contribution in [0.3, 0.4) is 0 Å². The number of nitrogens with zero attached hydrogens (tertiary/aromatic N) is 1. The molecule has 1 spiro atoms. The highest BCUT2D eigenvalue weighted by atomic mass is 32.1. The number of fused-ring (bicyclic) bond motifs is 1. The maximum absolute atomic E-state index is 12.8. The van der Waals surface area contributed by atoms with E-state index in [0.717, 1.165) is 12.0 Å². The summed E-state index contributed by atoms with van der Waals surface area (Å²) in [4.78, 5) is 28.7. The monoisotopic (exact) mass is 383 g/mol. The molecule has 0 unspecified atom stereocenters. The third kappa shape index (κ3) is 3.65. The number of ketones is 1. The minimum Gasteiger partial charge on any atom is -0.486 e. The molecular weight excluding hydrogens is 358 g/mol. The summed E-state index contributed by atoms with van der Waals surface area (Å²) < 4.78 is 6.30. The number of amides is 1. The molecule has 3 heterocycles. The Labute approximate surface area is 164 Å². The molecule has 5 heteroatoms. The van der Waals surface area contributed by atoms with Gasteiger partial charge in [0.15, 0.2) is 5.78 Å². The average molecular weight is 384 g/mol. The van der Waals surface area contributed by atoms with Gasteiger partial charge in [-0.1, -0.05) is 24.6 Å². The fourth-order valence-electron chi connectivity index (χ4n) is 4.15. The zero-order valence-electron chi connectivity index (χ0n) is 15.9. The van der Waals surface area contributed by atoms with E-state index in [0.29, 0.717) is 43.7 Å². The first-order valence-electron chi connectivity index (χ1n) is 9.60. The topological polar surface area (TPSA) is 46.6 Å². The minimum atomic E-state index is -0.451. The summed E-state index contributed by atoms with van der Waals surface area (Å²) in [6.45, 7) is 5.30. The lowest BCUT2D eigenvalue weighted by Crippen LogP contribution is -2.53. The van der Waals surface area contributed by atoms with Gasteiger partial charge in [0.25, 0.3) is 0 Å². The number of hydrogen-bond donors (Lipinski definition) is 0. The number of hydrogen-bond acceptors (Lipinski definition) is 4. The van der Waals surface area contributed by atoms with Gasteiger partial charge in [0.2, 0.25) is 5.91 Å². The highest BCUT2D eigenvalue weighted by molar-refractivity contribution is 7.09. The lowest BCUT2D eigenvalue weighted by molar-refractivity contribution is -0.138. The minimum absolute atomic E-state index is 0.0182. The van der Waals surface area contributed by atoms with Gasteiger partial charge < -0.3 is 9.64 Å². The fraction of sp³-hybridized carbons (Fsp3) is 0.455. The van der Waals surface area contributed by atoms with Crippen molar-refractivity contribution in [3.05, 3.63) is 51.7 Å². The van der Waals surface area contributed by atoms with Crippen molar-refractivity contribution in [3.8, 4) is 5.75 Å². The van der Waals surface area contributed by atoms with Crippen LogP contribution in [0.1, 0.15) is 47.0 Å². The van der Waals surface area contributed by atoms with Gasteiger partial charge in [-0.15, -0.1) is 11.3 Å². The van der Waals surface area contributed by atoms with Crippen molar-refractivity contribution in [2.75, 3.05) is 13.1 Å². The first kappa shape index (κ1) is 18.2. The zero-order chi connectivity index (χ0) is 19.0. The average Bonchev–Trinajstić information content (AvgIpc) is 3.15. The second-order valence-corrected chi connectivity index (χ2v) is 8.93. The van der Waals surface area contributed by atoms with Crippen LogP contribution >= 0.6 is 11.3 Å². The Morgan fingerprint density at radius 2 is 2.07 bits per heavy atom. The molecule has 0 aliphatic carbocycles. The lowest BCUT2D eigenvalue weighted by atomic mass is 9.82. The molecule has 0 radical (unpaired) electrons. The third-order valence-electron chi connectivity index (χ3n) is 5.74. The SMILES string of the molecule is Cc1ccc2c(c1)C(=O)CC1(CCN(C(=O)[C@H](C)Cc3cccs3)CC1)O2. The second-order valence-electron chi connectivity index (χ2n) is 7.89. The van der Waals surface area contributed by atoms with Crippen LogP contribution in [0, 0.1) is 12.8 Å². The van der Waals surface area contributed by atoms with Gasteiger partial charge >= 0.3 is 0 Å². The molecule has 1 fully saturated rings. The molecule has 0 bridgehead atoms. The van der Waals surface area contributed by atoms with Gasteiger partial charge in [-0.2, -0.15) is 0 Å². The van der Waals surface area contributed by atoms with Crippen LogP contribution < -0.4 is 4.74 Å². The molecule has 0 N–H and O–H groups in total. The first-order chi connectivity index (χ1) is 13.0. The molecular formula is C22H25NO3S. The van der Waals surface area contributed by atoms with Crippen molar-refractivity contribution in [1.82, 2.24) is 4.90 Å². The number of ether oxygens (including phenoxy) is 1. The summed E-state index contributed by atoms with van der Waals surface area (Å²) >= 11 is 1.70. The number of carbonyl (C=O) groups excluding carboxylic acids is 2. The highest BCUT2D eigenvalue weighted by Gasteiger charge is 2.44. The molecule has 27 heavy (non-hydrogen) atoms. The normalized spacial score (nSPS) is 19.5. The van der Waals surface area contributed by atoms with E-state index in [1.54, 1.807) is 11.3 Å². The largest absolute Gasteiger partial charge is 0.486 e. The van der Waals surface area contributed by atoms with E-state index in [2.05, 4.69) is 6.07 Å². The predicted molar refractivity (Wildman–Crippen MR) is 106 cm³/mol. The van der Waals surface area contributed by atoms with Crippen molar-refractivity contribution < 1.29 is 14.3 Å². The molecule has 2 aliphatic rings. The maximum atomic E-state index is 12.8. The summed E-state index contributed by atoms with van der Waals surface area (Å²) in [5.41, 5.74) is 1.32. The fourth-order valence-corrected chi connectivity index (χ4v) is 4.99. The second kappa shape index (κ2) is 7.12. The third-order valence-corrected chi connectivity index (χ3v) is 6.64. The van der Waals surface area contributed by atoms with E-state index in [9.17, 15) is 9.59 Å². The van der Waals surface area contributed by atoms with Gasteiger partial charge in [-0.25, -0.2) is 0 Å². The number of aryl methyl sites for hydroxylation is 1. The maximum Gasteiger partial charge on any atom is 0.225 e. The molecule has 4 rings (SSSR count). The van der Waals surface area contributed by atoms with E-state index in [4.69, 9.17) is 4.74 Å². The summed E-state index contributed by atoms with van der Waals surface area (Å²) in [6.07, 6.45) is 2.63. The van der Waals surface area contributed by atoms with Crippen molar-refractivity contribution in [2.45, 2.75) is 45.1 Å². The Balaban J connectivity index is 1.40.